The third kappa shape index (κ3) is 13.4. The zero-order valence-electron chi connectivity index (χ0n) is 44.1. The van der Waals surface area contributed by atoms with Crippen molar-refractivity contribution < 1.29 is 48.1 Å². The molecule has 8 unspecified atom stereocenters. The molecule has 0 aliphatic heterocycles. The van der Waals surface area contributed by atoms with Crippen LogP contribution in [0.2, 0.25) is 0 Å². The third-order valence-electron chi connectivity index (χ3n) is 22.1. The van der Waals surface area contributed by atoms with E-state index in [-0.39, 0.29) is 62.9 Å². The monoisotopic (exact) mass is 1600 g/mol. The molecule has 1 N–H and O–H groups in total. The molecule has 69 heavy (non-hydrogen) atoms. The number of fused-ring (bicyclic) bond motifs is 10. The topological polar surface area (TPSA) is 107 Å². The minimum absolute atomic E-state index is 0.0889. The van der Waals surface area contributed by atoms with Gasteiger partial charge in [0, 0.05) is 36.5 Å². The first-order valence-corrected chi connectivity index (χ1v) is 49.6. The molecular weight excluding hydrogens is 1510 g/mol. The molecule has 0 aromatic heterocycles. The quantitative estimate of drug-likeness (QED) is 0.171. The fourth-order valence-electron chi connectivity index (χ4n) is 18.7. The summed E-state index contributed by atoms with van der Waals surface area (Å²) in [4.78, 5) is 51.2. The Labute approximate surface area is 486 Å². The third-order valence-corrected chi connectivity index (χ3v) is 22.1. The van der Waals surface area contributed by atoms with Crippen molar-refractivity contribution in [2.45, 2.75) is 197 Å². The first kappa shape index (κ1) is 62.9. The second kappa shape index (κ2) is 27.3. The molecule has 0 radical (unpaired) electrons. The number of ketones is 2. The van der Waals surface area contributed by atoms with Crippen LogP contribution in [0.25, 0.3) is 0 Å². The average Bonchev–Trinajstić information content (AvgIpc) is 3.85. The van der Waals surface area contributed by atoms with Crippen molar-refractivity contribution >= 4 is 123 Å². The number of rotatable bonds is 10. The van der Waals surface area contributed by atoms with Gasteiger partial charge < -0.3 is 14.6 Å². The number of aliphatic hydroxyl groups excluding tert-OH is 1. The maximum atomic E-state index is 14.0. The van der Waals surface area contributed by atoms with Crippen LogP contribution in [0.3, 0.4) is 0 Å². The molecule has 0 bridgehead atoms. The van der Waals surface area contributed by atoms with Crippen LogP contribution < -0.4 is 0 Å². The first-order valence-electron chi connectivity index (χ1n) is 27.1. The molecule has 14 heteroatoms. The van der Waals surface area contributed by atoms with E-state index in [2.05, 4.69) is 162 Å². The fraction of sp³-hybridized carbons (Fsp3) is 0.927. The van der Waals surface area contributed by atoms with E-state index in [9.17, 15) is 24.3 Å². The van der Waals surface area contributed by atoms with Gasteiger partial charge >= 0.3 is 126 Å². The predicted octanol–water partition coefficient (Wildman–Crippen LogP) is 16.5. The summed E-state index contributed by atoms with van der Waals surface area (Å²) in [6.07, 6.45) is 20.9. The van der Waals surface area contributed by atoms with Gasteiger partial charge in [-0.25, -0.2) is 0 Å². The second-order valence-corrected chi connectivity index (χ2v) is 71.9. The summed E-state index contributed by atoms with van der Waals surface area (Å²) in [7, 11) is 3.58. The Balaban J connectivity index is 0.000000227. The Bertz CT molecular complexity index is 1620. The number of Topliss-reactive ketones (excluding diaryl/α,β-unsaturated/α-hetero) is 2. The summed E-state index contributed by atoms with van der Waals surface area (Å²) in [5.41, 5.74) is 1.04. The van der Waals surface area contributed by atoms with E-state index < -0.39 is 0 Å². The Hall–Kier alpha value is 3.06. The number of carbonyl (C=O) groups excluding carboxylic acids is 4. The van der Waals surface area contributed by atoms with E-state index >= 15 is 0 Å². The summed E-state index contributed by atoms with van der Waals surface area (Å²) < 4.78 is 9.76. The Kier molecular flexibility index (Phi) is 24.9. The number of aliphatic hydroxyl groups is 1. The number of esters is 2. The Morgan fingerprint density at radius 2 is 0.971 bits per heavy atom. The predicted molar refractivity (Wildman–Crippen MR) is 316 cm³/mol. The van der Waals surface area contributed by atoms with Gasteiger partial charge in [0.2, 0.25) is 0 Å². The summed E-state index contributed by atoms with van der Waals surface area (Å²) >= 11 is 12.1. The molecule has 397 valence electrons. The molecule has 20 atom stereocenters. The fourth-order valence-corrected chi connectivity index (χ4v) is 18.7. The van der Waals surface area contributed by atoms with E-state index in [0.29, 0.717) is 98.5 Å². The first-order chi connectivity index (χ1) is 32.5. The van der Waals surface area contributed by atoms with Gasteiger partial charge in [-0.15, -0.1) is 0 Å². The van der Waals surface area contributed by atoms with Gasteiger partial charge in [-0.1, -0.05) is 68.7 Å². The van der Waals surface area contributed by atoms with Crippen LogP contribution in [0, 0.1) is 110 Å². The van der Waals surface area contributed by atoms with Crippen molar-refractivity contribution in [3.8, 4) is 0 Å². The number of methoxy groups -OCH3 is 2. The molecule has 8 rings (SSSR count). The minimum atomic E-state index is -0.278. The van der Waals surface area contributed by atoms with E-state index in [4.69, 9.17) is 9.47 Å². The normalized spacial score (nSPS) is 43.7. The van der Waals surface area contributed by atoms with Crippen molar-refractivity contribution in [1.82, 2.24) is 0 Å². The number of hydrogen-bond donors (Lipinski definition) is 1. The van der Waals surface area contributed by atoms with Gasteiger partial charge in [0.25, 0.3) is 0 Å². The van der Waals surface area contributed by atoms with Crippen molar-refractivity contribution in [3.05, 3.63) is 0 Å². The van der Waals surface area contributed by atoms with Gasteiger partial charge in [-0.2, -0.15) is 0 Å². The van der Waals surface area contributed by atoms with Crippen LogP contribution in [0.1, 0.15) is 191 Å². The molecule has 0 aromatic carbocycles. The van der Waals surface area contributed by atoms with E-state index in [1.165, 1.54) is 72.0 Å². The van der Waals surface area contributed by atoms with E-state index in [1.807, 2.05) is 0 Å². The van der Waals surface area contributed by atoms with Crippen LogP contribution in [0.4, 0.5) is 0 Å². The zero-order chi connectivity index (χ0) is 51.4. The van der Waals surface area contributed by atoms with Crippen LogP contribution in [-0.4, -0.2) is 48.9 Å². The number of hydrogen-bond acceptors (Lipinski definition) is 7. The standard InChI is InChI=1S/C28H46O3.C27H44O4.5HI.2V/c1-7-19-23-16-17(2)12-14-28(23,5)22-13-15-27(4)20(18(3)8-11-24(29)31-6)9-10-21(27)25(22)26(19)30;1-6-18-22-15-17(28)11-13-27(22,4)21-12-14-26(3)19(16(2)7-10-23(29)31-5)8-9-20(26)24(21)25(18)30;;;;;;;/h17-23,25H,7-16H2,1-6H3;16-22,24,28H,6-15H2,1-5H3;5*1H;;/q;;;;;;;+2;+3/p-5/t17-,18-,19-,20?,21?,22?,23+,25?,27-,28-;16-,17-,18-,19?,20?,21?,22+,24?,26-,27-;;;;;;;/m11......./s1. The number of carbonyl (C=O) groups is 4. The van der Waals surface area contributed by atoms with Crippen molar-refractivity contribution in [2.24, 2.45) is 110 Å². The van der Waals surface area contributed by atoms with Gasteiger partial charge in [0.15, 0.2) is 0 Å². The number of ether oxygens (including phenoxy) is 2. The molecule has 0 heterocycles. The summed E-state index contributed by atoms with van der Waals surface area (Å²) in [5, 5.41) is 10.4. The number of halogens is 5. The molecule has 0 saturated heterocycles. The molecule has 8 aliphatic carbocycles. The summed E-state index contributed by atoms with van der Waals surface area (Å²) in [6.45, 7) is 21.5. The summed E-state index contributed by atoms with van der Waals surface area (Å²) in [6, 6.07) is 0. The van der Waals surface area contributed by atoms with Crippen LogP contribution in [-0.2, 0) is 43.0 Å². The van der Waals surface area contributed by atoms with Gasteiger partial charge in [0.05, 0.1) is 20.3 Å². The summed E-state index contributed by atoms with van der Waals surface area (Å²) in [5.74, 6) is 7.97. The van der Waals surface area contributed by atoms with Crippen LogP contribution in [0.15, 0.2) is 0 Å². The molecule has 8 fully saturated rings. The Morgan fingerprint density at radius 3 is 1.35 bits per heavy atom. The molecule has 8 aliphatic rings. The molecule has 8 saturated carbocycles. The van der Waals surface area contributed by atoms with E-state index in [0.717, 1.165) is 63.7 Å². The average molecular weight is 1600 g/mol. The van der Waals surface area contributed by atoms with E-state index in [1.54, 1.807) is 0 Å². The second-order valence-electron chi connectivity index (χ2n) is 24.7. The van der Waals surface area contributed by atoms with Crippen LogP contribution >= 0.6 is 99.9 Å². The molecule has 7 nitrogen and oxygen atoms in total. The van der Waals surface area contributed by atoms with Gasteiger partial charge in [-0.3, -0.25) is 19.2 Å². The molecule has 0 spiro atoms. The maximum absolute atomic E-state index is 14.0. The SMILES string of the molecule is CC[C@H]1C(=O)C2C3CCC([C@H](C)CCC(=O)OC)[C@@]3(C)CCC2[C@@]2(C)CC[C@@H](C)C[C@@H]12.CC[C@H]1C(=O)C2C3CCC([C@H](C)CCC(=O)OC)[C@@]3(C)CCC2[C@@]2(C)CC[C@@H](O)C[C@@H]12.[I][V]([I])[I].[I][V][I]. The van der Waals surface area contributed by atoms with Gasteiger partial charge in [-0.05, 0) is 196 Å². The van der Waals surface area contributed by atoms with Crippen LogP contribution in [0.5, 0.6) is 0 Å². The van der Waals surface area contributed by atoms with Crippen molar-refractivity contribution in [3.63, 3.8) is 0 Å². The molecule has 0 amide bonds. The molecule has 0 aromatic rings. The van der Waals surface area contributed by atoms with Crippen molar-refractivity contribution in [2.75, 3.05) is 14.2 Å². The molecular formula is C55H90I5O7V2. The zero-order valence-corrected chi connectivity index (χ0v) is 57.6. The van der Waals surface area contributed by atoms with Gasteiger partial charge in [0.1, 0.15) is 11.6 Å². The van der Waals surface area contributed by atoms with Crippen molar-refractivity contribution in [1.29, 1.82) is 0 Å². The Morgan fingerprint density at radius 1 is 0.623 bits per heavy atom.